The number of halogens is 4. The first kappa shape index (κ1) is 14.9. The number of rotatable bonds is 3. The number of alkyl halides is 3. The van der Waals surface area contributed by atoms with Gasteiger partial charge in [0.25, 0.3) is 0 Å². The molecule has 0 saturated heterocycles. The van der Waals surface area contributed by atoms with Gasteiger partial charge in [-0.05, 0) is 25.0 Å². The molecule has 0 bridgehead atoms. The third kappa shape index (κ3) is 4.27. The smallest absolute Gasteiger partial charge is 0.490 e. The molecule has 3 nitrogen and oxygen atoms in total. The molecule has 1 aromatic carbocycles. The van der Waals surface area contributed by atoms with Gasteiger partial charge in [-0.3, -0.25) is 0 Å². The van der Waals surface area contributed by atoms with Gasteiger partial charge in [0, 0.05) is 12.1 Å². The highest BCUT2D eigenvalue weighted by Crippen LogP contribution is 2.29. The SMILES string of the molecule is Cl.NC1CC(Oc2cccc(OC(F)(F)F)c2)C1. The molecule has 1 aliphatic rings. The molecule has 0 aliphatic heterocycles. The highest BCUT2D eigenvalue weighted by molar-refractivity contribution is 5.85. The Balaban J connectivity index is 0.00000162. The van der Waals surface area contributed by atoms with Crippen LogP contribution in [0.15, 0.2) is 24.3 Å². The first-order valence-corrected chi connectivity index (χ1v) is 5.20. The Kier molecular flexibility index (Phi) is 4.70. The Morgan fingerprint density at radius 3 is 2.33 bits per heavy atom. The molecular formula is C11H13ClF3NO2. The molecule has 0 heterocycles. The fourth-order valence-electron chi connectivity index (χ4n) is 1.64. The van der Waals surface area contributed by atoms with Crippen LogP contribution in [0.5, 0.6) is 11.5 Å². The Morgan fingerprint density at radius 2 is 1.78 bits per heavy atom. The van der Waals surface area contributed by atoms with Crippen molar-refractivity contribution >= 4 is 12.4 Å². The predicted molar refractivity (Wildman–Crippen MR) is 62.0 cm³/mol. The topological polar surface area (TPSA) is 44.5 Å². The van der Waals surface area contributed by atoms with E-state index in [9.17, 15) is 13.2 Å². The summed E-state index contributed by atoms with van der Waals surface area (Å²) >= 11 is 0. The molecule has 0 amide bonds. The normalized spacial score (nSPS) is 22.7. The van der Waals surface area contributed by atoms with E-state index in [-0.39, 0.29) is 30.3 Å². The van der Waals surface area contributed by atoms with Gasteiger partial charge in [0.05, 0.1) is 0 Å². The average molecular weight is 284 g/mol. The van der Waals surface area contributed by atoms with Gasteiger partial charge in [-0.2, -0.15) is 0 Å². The van der Waals surface area contributed by atoms with Gasteiger partial charge in [0.1, 0.15) is 17.6 Å². The highest BCUT2D eigenvalue weighted by Gasteiger charge is 2.31. The predicted octanol–water partition coefficient (Wildman–Crippen LogP) is 2.88. The standard InChI is InChI=1S/C11H12F3NO2.ClH/c12-11(13,14)17-9-3-1-2-8(6-9)16-10-4-7(15)5-10;/h1-3,6-7,10H,4-5,15H2;1H. The van der Waals surface area contributed by atoms with Crippen molar-refractivity contribution in [3.63, 3.8) is 0 Å². The Bertz CT molecular complexity index is 394. The maximum atomic E-state index is 12.0. The fraction of sp³-hybridized carbons (Fsp3) is 0.455. The van der Waals surface area contributed by atoms with E-state index in [2.05, 4.69) is 4.74 Å². The molecule has 1 aromatic rings. The average Bonchev–Trinajstić information content (AvgIpc) is 2.13. The second-order valence-corrected chi connectivity index (χ2v) is 3.99. The van der Waals surface area contributed by atoms with E-state index in [0.29, 0.717) is 5.75 Å². The van der Waals surface area contributed by atoms with E-state index in [1.165, 1.54) is 18.2 Å². The van der Waals surface area contributed by atoms with Gasteiger partial charge in [-0.15, -0.1) is 25.6 Å². The summed E-state index contributed by atoms with van der Waals surface area (Å²) in [6.07, 6.45) is -3.24. The summed E-state index contributed by atoms with van der Waals surface area (Å²) in [5, 5.41) is 0. The Labute approximate surface area is 108 Å². The minimum atomic E-state index is -4.68. The van der Waals surface area contributed by atoms with Gasteiger partial charge in [0.2, 0.25) is 0 Å². The van der Waals surface area contributed by atoms with Gasteiger partial charge < -0.3 is 15.2 Å². The molecular weight excluding hydrogens is 271 g/mol. The number of hydrogen-bond acceptors (Lipinski definition) is 3. The molecule has 7 heteroatoms. The molecule has 0 radical (unpaired) electrons. The molecule has 0 spiro atoms. The lowest BCUT2D eigenvalue weighted by atomic mass is 9.90. The third-order valence-corrected chi connectivity index (χ3v) is 2.47. The lowest BCUT2D eigenvalue weighted by molar-refractivity contribution is -0.274. The molecule has 1 fully saturated rings. The summed E-state index contributed by atoms with van der Waals surface area (Å²) in [5.41, 5.74) is 5.58. The summed E-state index contributed by atoms with van der Waals surface area (Å²) in [7, 11) is 0. The van der Waals surface area contributed by atoms with Crippen molar-refractivity contribution < 1.29 is 22.6 Å². The second kappa shape index (κ2) is 5.67. The van der Waals surface area contributed by atoms with E-state index in [1.807, 2.05) is 0 Å². The van der Waals surface area contributed by atoms with Crippen LogP contribution in [0.1, 0.15) is 12.8 Å². The van der Waals surface area contributed by atoms with E-state index in [1.54, 1.807) is 6.07 Å². The van der Waals surface area contributed by atoms with E-state index in [0.717, 1.165) is 12.8 Å². The van der Waals surface area contributed by atoms with Crippen LogP contribution in [0.25, 0.3) is 0 Å². The van der Waals surface area contributed by atoms with Crippen LogP contribution in [0.2, 0.25) is 0 Å². The zero-order valence-electron chi connectivity index (χ0n) is 9.31. The lowest BCUT2D eigenvalue weighted by Crippen LogP contribution is -2.43. The Morgan fingerprint density at radius 1 is 1.17 bits per heavy atom. The van der Waals surface area contributed by atoms with Gasteiger partial charge >= 0.3 is 6.36 Å². The van der Waals surface area contributed by atoms with Crippen LogP contribution >= 0.6 is 12.4 Å². The highest BCUT2D eigenvalue weighted by atomic mass is 35.5. The second-order valence-electron chi connectivity index (χ2n) is 3.99. The summed E-state index contributed by atoms with van der Waals surface area (Å²) in [6.45, 7) is 0. The first-order valence-electron chi connectivity index (χ1n) is 5.20. The number of ether oxygens (including phenoxy) is 2. The van der Waals surface area contributed by atoms with Crippen LogP contribution < -0.4 is 15.2 Å². The summed E-state index contributed by atoms with van der Waals surface area (Å²) in [5.74, 6) is 0.0854. The van der Waals surface area contributed by atoms with Gasteiger partial charge in [-0.1, -0.05) is 6.07 Å². The van der Waals surface area contributed by atoms with Crippen molar-refractivity contribution in [2.45, 2.75) is 31.3 Å². The summed E-state index contributed by atoms with van der Waals surface area (Å²) in [6, 6.07) is 5.63. The lowest BCUT2D eigenvalue weighted by Gasteiger charge is -2.32. The zero-order chi connectivity index (χ0) is 12.5. The molecule has 18 heavy (non-hydrogen) atoms. The summed E-state index contributed by atoms with van der Waals surface area (Å²) in [4.78, 5) is 0. The van der Waals surface area contributed by atoms with Crippen LogP contribution in [0.4, 0.5) is 13.2 Å². The quantitative estimate of drug-likeness (QED) is 0.928. The van der Waals surface area contributed by atoms with Crippen molar-refractivity contribution in [2.24, 2.45) is 5.73 Å². The minimum absolute atomic E-state index is 0. The largest absolute Gasteiger partial charge is 0.573 e. The fourth-order valence-corrected chi connectivity index (χ4v) is 1.64. The van der Waals surface area contributed by atoms with Crippen LogP contribution in [-0.4, -0.2) is 18.5 Å². The monoisotopic (exact) mass is 283 g/mol. The van der Waals surface area contributed by atoms with Crippen molar-refractivity contribution in [1.29, 1.82) is 0 Å². The molecule has 1 aliphatic carbocycles. The van der Waals surface area contributed by atoms with Crippen molar-refractivity contribution in [3.8, 4) is 11.5 Å². The van der Waals surface area contributed by atoms with Crippen LogP contribution in [-0.2, 0) is 0 Å². The third-order valence-electron chi connectivity index (χ3n) is 2.47. The van der Waals surface area contributed by atoms with E-state index in [4.69, 9.17) is 10.5 Å². The van der Waals surface area contributed by atoms with Crippen LogP contribution in [0.3, 0.4) is 0 Å². The zero-order valence-corrected chi connectivity index (χ0v) is 10.1. The van der Waals surface area contributed by atoms with E-state index < -0.39 is 6.36 Å². The summed E-state index contributed by atoms with van der Waals surface area (Å²) < 4.78 is 45.2. The number of hydrogen-bond donors (Lipinski definition) is 1. The van der Waals surface area contributed by atoms with Crippen LogP contribution in [0, 0.1) is 0 Å². The minimum Gasteiger partial charge on any atom is -0.490 e. The van der Waals surface area contributed by atoms with Gasteiger partial charge in [0.15, 0.2) is 0 Å². The molecule has 0 unspecified atom stereocenters. The molecule has 102 valence electrons. The molecule has 1 saturated carbocycles. The van der Waals surface area contributed by atoms with E-state index >= 15 is 0 Å². The number of nitrogens with two attached hydrogens (primary N) is 1. The first-order chi connectivity index (χ1) is 7.92. The molecule has 2 rings (SSSR count). The van der Waals surface area contributed by atoms with Crippen molar-refractivity contribution in [2.75, 3.05) is 0 Å². The van der Waals surface area contributed by atoms with Crippen molar-refractivity contribution in [3.05, 3.63) is 24.3 Å². The van der Waals surface area contributed by atoms with Gasteiger partial charge in [-0.25, -0.2) is 0 Å². The molecule has 0 atom stereocenters. The molecule has 2 N–H and O–H groups in total. The van der Waals surface area contributed by atoms with Crippen molar-refractivity contribution in [1.82, 2.24) is 0 Å². The molecule has 0 aromatic heterocycles. The maximum absolute atomic E-state index is 12.0. The Hall–Kier alpha value is -1.14. The maximum Gasteiger partial charge on any atom is 0.573 e. The number of benzene rings is 1.